The maximum atomic E-state index is 14.0. The number of hydrogen-bond acceptors (Lipinski definition) is 5. The Morgan fingerprint density at radius 2 is 2.25 bits per heavy atom. The molecule has 5 nitrogen and oxygen atoms in total. The smallest absolute Gasteiger partial charge is 0.330 e. The van der Waals surface area contributed by atoms with Crippen LogP contribution < -0.4 is 4.90 Å². The molecule has 1 aliphatic heterocycles. The van der Waals surface area contributed by atoms with Gasteiger partial charge in [-0.05, 0) is 12.1 Å². The molecule has 0 bridgehead atoms. The Hall–Kier alpha value is -2.20. The van der Waals surface area contributed by atoms with Crippen molar-refractivity contribution in [2.75, 3.05) is 31.8 Å². The van der Waals surface area contributed by atoms with E-state index in [-0.39, 0.29) is 31.0 Å². The van der Waals surface area contributed by atoms with Crippen molar-refractivity contribution in [1.29, 1.82) is 5.26 Å². The first-order valence-corrected chi connectivity index (χ1v) is 5.90. The quantitative estimate of drug-likeness (QED) is 0.763. The van der Waals surface area contributed by atoms with Crippen LogP contribution in [-0.2, 0) is 14.3 Å². The maximum absolute atomic E-state index is 14.0. The maximum Gasteiger partial charge on any atom is 0.330 e. The largest absolute Gasteiger partial charge is 0.467 e. The third-order valence-corrected chi connectivity index (χ3v) is 3.09. The minimum Gasteiger partial charge on any atom is -0.467 e. The number of halogens is 2. The zero-order valence-electron chi connectivity index (χ0n) is 10.7. The second kappa shape index (κ2) is 5.84. The second-order valence-electron chi connectivity index (χ2n) is 4.18. The molecule has 0 spiro atoms. The minimum atomic E-state index is -1.22. The Labute approximate surface area is 114 Å². The van der Waals surface area contributed by atoms with Gasteiger partial charge in [0, 0.05) is 6.54 Å². The van der Waals surface area contributed by atoms with Crippen LogP contribution in [0, 0.1) is 23.0 Å². The van der Waals surface area contributed by atoms with Gasteiger partial charge in [-0.25, -0.2) is 13.6 Å². The van der Waals surface area contributed by atoms with Crippen molar-refractivity contribution >= 4 is 11.7 Å². The number of esters is 1. The van der Waals surface area contributed by atoms with Crippen LogP contribution in [0.2, 0.25) is 0 Å². The summed E-state index contributed by atoms with van der Waals surface area (Å²) < 4.78 is 37.5. The van der Waals surface area contributed by atoms with Crippen molar-refractivity contribution in [2.24, 2.45) is 0 Å². The highest BCUT2D eigenvalue weighted by Gasteiger charge is 2.33. The van der Waals surface area contributed by atoms with Gasteiger partial charge in [-0.2, -0.15) is 5.26 Å². The number of carbonyl (C=O) groups is 1. The molecule has 1 fully saturated rings. The predicted molar refractivity (Wildman–Crippen MR) is 65.0 cm³/mol. The standard InChI is InChI=1S/C13H12F2N2O3/c1-19-13(18)10-7-20-5-4-17(10)9-3-2-8(6-16)11(14)12(9)15/h2-3,10H,4-5,7H2,1H3. The first-order valence-electron chi connectivity index (χ1n) is 5.90. The van der Waals surface area contributed by atoms with Crippen molar-refractivity contribution in [3.05, 3.63) is 29.3 Å². The topological polar surface area (TPSA) is 62.6 Å². The molecule has 1 aromatic carbocycles. The van der Waals surface area contributed by atoms with E-state index in [1.807, 2.05) is 0 Å². The fourth-order valence-electron chi connectivity index (χ4n) is 2.07. The molecule has 1 aliphatic rings. The molecule has 1 saturated heterocycles. The third kappa shape index (κ3) is 2.42. The molecule has 0 saturated carbocycles. The molecule has 0 aliphatic carbocycles. The number of anilines is 1. The lowest BCUT2D eigenvalue weighted by Crippen LogP contribution is -2.51. The number of carbonyl (C=O) groups excluding carboxylic acids is 1. The van der Waals surface area contributed by atoms with Crippen LogP contribution in [0.1, 0.15) is 5.56 Å². The molecular formula is C13H12F2N2O3. The third-order valence-electron chi connectivity index (χ3n) is 3.09. The summed E-state index contributed by atoms with van der Waals surface area (Å²) in [5.41, 5.74) is -0.464. The van der Waals surface area contributed by atoms with Crippen LogP contribution in [0.4, 0.5) is 14.5 Å². The van der Waals surface area contributed by atoms with E-state index in [0.717, 1.165) is 0 Å². The monoisotopic (exact) mass is 282 g/mol. The van der Waals surface area contributed by atoms with Crippen molar-refractivity contribution in [1.82, 2.24) is 0 Å². The number of hydrogen-bond donors (Lipinski definition) is 0. The summed E-state index contributed by atoms with van der Waals surface area (Å²) in [6, 6.07) is 3.18. The lowest BCUT2D eigenvalue weighted by molar-refractivity contribution is -0.144. The summed E-state index contributed by atoms with van der Waals surface area (Å²) >= 11 is 0. The lowest BCUT2D eigenvalue weighted by atomic mass is 10.1. The summed E-state index contributed by atoms with van der Waals surface area (Å²) in [6.07, 6.45) is 0. The van der Waals surface area contributed by atoms with Gasteiger partial charge >= 0.3 is 5.97 Å². The molecular weight excluding hydrogens is 270 g/mol. The highest BCUT2D eigenvalue weighted by atomic mass is 19.2. The van der Waals surface area contributed by atoms with Crippen LogP contribution in [0.5, 0.6) is 0 Å². The van der Waals surface area contributed by atoms with Gasteiger partial charge < -0.3 is 14.4 Å². The van der Waals surface area contributed by atoms with Gasteiger partial charge in [-0.15, -0.1) is 0 Å². The summed E-state index contributed by atoms with van der Waals surface area (Å²) in [7, 11) is 1.21. The molecule has 7 heteroatoms. The molecule has 0 radical (unpaired) electrons. The molecule has 20 heavy (non-hydrogen) atoms. The lowest BCUT2D eigenvalue weighted by Gasteiger charge is -2.35. The molecule has 0 amide bonds. The van der Waals surface area contributed by atoms with Gasteiger partial charge in [-0.3, -0.25) is 0 Å². The van der Waals surface area contributed by atoms with Gasteiger partial charge in [0.1, 0.15) is 6.07 Å². The van der Waals surface area contributed by atoms with Crippen molar-refractivity contribution < 1.29 is 23.0 Å². The number of nitriles is 1. The summed E-state index contributed by atoms with van der Waals surface area (Å²) in [6.45, 7) is 0.546. The Balaban J connectivity index is 2.41. The first kappa shape index (κ1) is 14.2. The summed E-state index contributed by atoms with van der Waals surface area (Å²) in [4.78, 5) is 13.0. The van der Waals surface area contributed by atoms with E-state index in [4.69, 9.17) is 10.00 Å². The zero-order chi connectivity index (χ0) is 14.7. The van der Waals surface area contributed by atoms with E-state index in [1.54, 1.807) is 6.07 Å². The Kier molecular flexibility index (Phi) is 4.15. The molecule has 2 rings (SSSR count). The number of nitrogens with zero attached hydrogens (tertiary/aromatic N) is 2. The van der Waals surface area contributed by atoms with Crippen LogP contribution in [-0.4, -0.2) is 38.9 Å². The van der Waals surface area contributed by atoms with Crippen molar-refractivity contribution in [2.45, 2.75) is 6.04 Å². The van der Waals surface area contributed by atoms with E-state index in [1.165, 1.54) is 24.1 Å². The van der Waals surface area contributed by atoms with Crippen LogP contribution in [0.3, 0.4) is 0 Å². The van der Waals surface area contributed by atoms with Gasteiger partial charge in [-0.1, -0.05) is 0 Å². The van der Waals surface area contributed by atoms with Gasteiger partial charge in [0.2, 0.25) is 0 Å². The number of methoxy groups -OCH3 is 1. The fourth-order valence-corrected chi connectivity index (χ4v) is 2.07. The van der Waals surface area contributed by atoms with E-state index in [0.29, 0.717) is 0 Å². The molecule has 106 valence electrons. The molecule has 1 heterocycles. The molecule has 1 unspecified atom stereocenters. The average molecular weight is 282 g/mol. The first-order chi connectivity index (χ1) is 9.60. The Morgan fingerprint density at radius 3 is 2.90 bits per heavy atom. The van der Waals surface area contributed by atoms with Crippen molar-refractivity contribution in [3.8, 4) is 6.07 Å². The summed E-state index contributed by atoms with van der Waals surface area (Å²) in [5, 5.41) is 8.66. The van der Waals surface area contributed by atoms with E-state index >= 15 is 0 Å². The highest BCUT2D eigenvalue weighted by molar-refractivity contribution is 5.80. The molecule has 1 atom stereocenters. The average Bonchev–Trinajstić information content (AvgIpc) is 2.49. The Morgan fingerprint density at radius 1 is 1.50 bits per heavy atom. The van der Waals surface area contributed by atoms with Crippen molar-refractivity contribution in [3.63, 3.8) is 0 Å². The number of morpholine rings is 1. The number of rotatable bonds is 2. The van der Waals surface area contributed by atoms with Crippen LogP contribution in [0.15, 0.2) is 12.1 Å². The minimum absolute atomic E-state index is 0.0355. The van der Waals surface area contributed by atoms with E-state index in [9.17, 15) is 13.6 Å². The van der Waals surface area contributed by atoms with Gasteiger partial charge in [0.05, 0.1) is 31.6 Å². The van der Waals surface area contributed by atoms with Gasteiger partial charge in [0.15, 0.2) is 17.7 Å². The summed E-state index contributed by atoms with van der Waals surface area (Å²) in [5.74, 6) is -2.96. The molecule has 0 N–H and O–H groups in total. The fraction of sp³-hybridized carbons (Fsp3) is 0.385. The molecule has 0 aromatic heterocycles. The predicted octanol–water partition coefficient (Wildman–Crippen LogP) is 1.21. The van der Waals surface area contributed by atoms with Crippen LogP contribution >= 0.6 is 0 Å². The SMILES string of the molecule is COC(=O)C1COCCN1c1ccc(C#N)c(F)c1F. The number of benzene rings is 1. The molecule has 1 aromatic rings. The zero-order valence-corrected chi connectivity index (χ0v) is 10.7. The normalized spacial score (nSPS) is 18.5. The van der Waals surface area contributed by atoms with Crippen LogP contribution in [0.25, 0.3) is 0 Å². The number of ether oxygens (including phenoxy) is 2. The highest BCUT2D eigenvalue weighted by Crippen LogP contribution is 2.27. The second-order valence-corrected chi connectivity index (χ2v) is 4.18. The van der Waals surface area contributed by atoms with E-state index in [2.05, 4.69) is 4.74 Å². The van der Waals surface area contributed by atoms with Gasteiger partial charge in [0.25, 0.3) is 0 Å². The van der Waals surface area contributed by atoms with E-state index < -0.39 is 23.6 Å². The Bertz CT molecular complexity index is 571.